The second-order valence-electron chi connectivity index (χ2n) is 9.81. The fraction of sp³-hybridized carbons (Fsp3) is 0.281. The van der Waals surface area contributed by atoms with Gasteiger partial charge >= 0.3 is 6.09 Å². The van der Waals surface area contributed by atoms with Crippen LogP contribution in [0.25, 0.3) is 10.8 Å². The smallest absolute Gasteiger partial charge is 0.407 e. The number of ether oxygens (including phenoxy) is 2. The van der Waals surface area contributed by atoms with Gasteiger partial charge < -0.3 is 24.6 Å². The number of rotatable bonds is 10. The van der Waals surface area contributed by atoms with Gasteiger partial charge in [-0.2, -0.15) is 0 Å². The molecule has 1 aliphatic rings. The molecule has 0 bridgehead atoms. The SMILES string of the molecule is O=C(O)N1CC[C@H](c2ccc(OC[C@H](O)CSc3ccccc3)cc2)[C@@H](OCc2ccc3ccccc3c2)C1. The Hall–Kier alpha value is -3.52. The monoisotopic (exact) mass is 543 g/mol. The van der Waals surface area contributed by atoms with E-state index in [2.05, 4.69) is 30.3 Å². The van der Waals surface area contributed by atoms with Crippen LogP contribution in [0.2, 0.25) is 0 Å². The average molecular weight is 544 g/mol. The molecule has 2 N–H and O–H groups in total. The minimum absolute atomic E-state index is 0.0722. The molecule has 0 saturated carbocycles. The summed E-state index contributed by atoms with van der Waals surface area (Å²) in [5, 5.41) is 22.3. The third kappa shape index (κ3) is 7.32. The van der Waals surface area contributed by atoms with Crippen LogP contribution in [0.3, 0.4) is 0 Å². The molecule has 0 spiro atoms. The lowest BCUT2D eigenvalue weighted by Gasteiger charge is -2.37. The van der Waals surface area contributed by atoms with Gasteiger partial charge in [-0.05, 0) is 58.7 Å². The Bertz CT molecular complexity index is 1360. The Morgan fingerprint density at radius 2 is 1.69 bits per heavy atom. The molecule has 1 saturated heterocycles. The number of benzene rings is 4. The number of hydrogen-bond donors (Lipinski definition) is 2. The first kappa shape index (κ1) is 27.1. The highest BCUT2D eigenvalue weighted by atomic mass is 32.2. The second kappa shape index (κ2) is 13.0. The summed E-state index contributed by atoms with van der Waals surface area (Å²) in [5.74, 6) is 1.32. The van der Waals surface area contributed by atoms with Crippen LogP contribution >= 0.6 is 11.8 Å². The van der Waals surface area contributed by atoms with E-state index in [0.717, 1.165) is 21.4 Å². The molecule has 1 amide bonds. The van der Waals surface area contributed by atoms with Crippen LogP contribution in [0.1, 0.15) is 23.5 Å². The lowest BCUT2D eigenvalue weighted by Crippen LogP contribution is -2.46. The summed E-state index contributed by atoms with van der Waals surface area (Å²) in [5.41, 5.74) is 2.16. The largest absolute Gasteiger partial charge is 0.491 e. The Balaban J connectivity index is 1.19. The molecule has 202 valence electrons. The van der Waals surface area contributed by atoms with Crippen molar-refractivity contribution in [2.45, 2.75) is 36.0 Å². The van der Waals surface area contributed by atoms with E-state index < -0.39 is 12.2 Å². The van der Waals surface area contributed by atoms with E-state index in [1.54, 1.807) is 11.8 Å². The van der Waals surface area contributed by atoms with Crippen molar-refractivity contribution in [3.63, 3.8) is 0 Å². The number of aliphatic hydroxyl groups is 1. The van der Waals surface area contributed by atoms with Gasteiger partial charge in [-0.25, -0.2) is 4.79 Å². The van der Waals surface area contributed by atoms with Gasteiger partial charge in [0.15, 0.2) is 0 Å². The maximum absolute atomic E-state index is 11.7. The fourth-order valence-electron chi connectivity index (χ4n) is 4.93. The van der Waals surface area contributed by atoms with E-state index >= 15 is 0 Å². The van der Waals surface area contributed by atoms with E-state index in [1.165, 1.54) is 10.3 Å². The number of amides is 1. The van der Waals surface area contributed by atoms with Crippen molar-refractivity contribution in [3.05, 3.63) is 108 Å². The molecule has 39 heavy (non-hydrogen) atoms. The first-order valence-corrected chi connectivity index (χ1v) is 14.2. The van der Waals surface area contributed by atoms with Crippen molar-refractivity contribution in [3.8, 4) is 5.75 Å². The van der Waals surface area contributed by atoms with E-state index in [1.807, 2.05) is 66.7 Å². The van der Waals surface area contributed by atoms with E-state index in [-0.39, 0.29) is 18.6 Å². The van der Waals surface area contributed by atoms with Crippen molar-refractivity contribution >= 4 is 28.6 Å². The van der Waals surface area contributed by atoms with Crippen LogP contribution in [-0.4, -0.2) is 58.9 Å². The predicted molar refractivity (Wildman–Crippen MR) is 155 cm³/mol. The molecule has 5 rings (SSSR count). The molecule has 1 heterocycles. The molecule has 0 radical (unpaired) electrons. The molecule has 0 aliphatic carbocycles. The summed E-state index contributed by atoms with van der Waals surface area (Å²) in [6, 6.07) is 32.3. The van der Waals surface area contributed by atoms with E-state index in [4.69, 9.17) is 9.47 Å². The van der Waals surface area contributed by atoms with Crippen molar-refractivity contribution in [1.29, 1.82) is 0 Å². The van der Waals surface area contributed by atoms with Gasteiger partial charge in [0.25, 0.3) is 0 Å². The van der Waals surface area contributed by atoms with Gasteiger partial charge in [0.2, 0.25) is 0 Å². The van der Waals surface area contributed by atoms with Crippen LogP contribution in [0.5, 0.6) is 5.75 Å². The third-order valence-electron chi connectivity index (χ3n) is 7.04. The molecule has 6 nitrogen and oxygen atoms in total. The highest BCUT2D eigenvalue weighted by Gasteiger charge is 2.33. The highest BCUT2D eigenvalue weighted by Crippen LogP contribution is 2.32. The zero-order chi connectivity index (χ0) is 27.0. The molecule has 1 aliphatic heterocycles. The van der Waals surface area contributed by atoms with Crippen molar-refractivity contribution < 1.29 is 24.5 Å². The van der Waals surface area contributed by atoms with Crippen LogP contribution < -0.4 is 4.74 Å². The Morgan fingerprint density at radius 3 is 2.46 bits per heavy atom. The number of nitrogens with zero attached hydrogens (tertiary/aromatic N) is 1. The molecule has 7 heteroatoms. The maximum Gasteiger partial charge on any atom is 0.407 e. The number of likely N-dealkylation sites (tertiary alicyclic amines) is 1. The minimum atomic E-state index is -0.916. The fourth-order valence-corrected chi connectivity index (χ4v) is 5.76. The standard InChI is InChI=1S/C32H33NO5S/c34-27(22-39-29-8-2-1-3-9-29)21-37-28-14-12-25(13-15-28)30-16-17-33(32(35)36)19-31(30)38-20-23-10-11-24-6-4-5-7-26(24)18-23/h1-15,18,27,30-31,34H,16-17,19-22H2,(H,35,36)/t27-,30+,31-/m0/s1. The first-order chi connectivity index (χ1) is 19.0. The quantitative estimate of drug-likeness (QED) is 0.225. The average Bonchev–Trinajstić information content (AvgIpc) is 2.98. The number of fused-ring (bicyclic) bond motifs is 1. The molecule has 1 fully saturated rings. The van der Waals surface area contributed by atoms with Crippen molar-refractivity contribution in [2.24, 2.45) is 0 Å². The summed E-state index contributed by atoms with van der Waals surface area (Å²) < 4.78 is 12.2. The molecular weight excluding hydrogens is 510 g/mol. The Kier molecular flexibility index (Phi) is 9.04. The van der Waals surface area contributed by atoms with Crippen LogP contribution in [0.4, 0.5) is 4.79 Å². The number of thioether (sulfide) groups is 1. The van der Waals surface area contributed by atoms with E-state index in [0.29, 0.717) is 37.6 Å². The van der Waals surface area contributed by atoms with Gasteiger partial charge in [-0.3, -0.25) is 0 Å². The van der Waals surface area contributed by atoms with Crippen LogP contribution in [0.15, 0.2) is 102 Å². The van der Waals surface area contributed by atoms with Crippen molar-refractivity contribution in [2.75, 3.05) is 25.4 Å². The molecule has 4 aromatic rings. The molecule has 0 unspecified atom stereocenters. The summed E-state index contributed by atoms with van der Waals surface area (Å²) in [6.07, 6.45) is -1.07. The summed E-state index contributed by atoms with van der Waals surface area (Å²) in [7, 11) is 0. The number of aliphatic hydroxyl groups excluding tert-OH is 1. The normalized spacial score (nSPS) is 18.1. The van der Waals surface area contributed by atoms with Gasteiger partial charge in [0, 0.05) is 23.1 Å². The van der Waals surface area contributed by atoms with Gasteiger partial charge in [-0.15, -0.1) is 11.8 Å². The summed E-state index contributed by atoms with van der Waals surface area (Å²) in [4.78, 5) is 14.3. The van der Waals surface area contributed by atoms with E-state index in [9.17, 15) is 15.0 Å². The molecule has 4 aromatic carbocycles. The van der Waals surface area contributed by atoms with Gasteiger partial charge in [-0.1, -0.05) is 66.7 Å². The third-order valence-corrected chi connectivity index (χ3v) is 8.20. The Morgan fingerprint density at radius 1 is 0.949 bits per heavy atom. The molecule has 0 aromatic heterocycles. The Labute approximate surface area is 233 Å². The van der Waals surface area contributed by atoms with Gasteiger partial charge in [0.05, 0.1) is 25.4 Å². The van der Waals surface area contributed by atoms with Crippen LogP contribution in [-0.2, 0) is 11.3 Å². The zero-order valence-corrected chi connectivity index (χ0v) is 22.5. The van der Waals surface area contributed by atoms with Crippen LogP contribution in [0, 0.1) is 0 Å². The number of piperidine rings is 1. The molecular formula is C32H33NO5S. The van der Waals surface area contributed by atoms with Crippen molar-refractivity contribution in [1.82, 2.24) is 4.90 Å². The van der Waals surface area contributed by atoms with Gasteiger partial charge in [0.1, 0.15) is 12.4 Å². The summed E-state index contributed by atoms with van der Waals surface area (Å²) in [6.45, 7) is 1.43. The number of carboxylic acid groups (broad SMARTS) is 1. The zero-order valence-electron chi connectivity index (χ0n) is 21.7. The maximum atomic E-state index is 11.7. The topological polar surface area (TPSA) is 79.2 Å². The summed E-state index contributed by atoms with van der Waals surface area (Å²) >= 11 is 1.60. The lowest BCUT2D eigenvalue weighted by molar-refractivity contribution is -0.0199. The lowest BCUT2D eigenvalue weighted by atomic mass is 9.87. The number of carbonyl (C=O) groups is 1. The molecule has 3 atom stereocenters. The predicted octanol–water partition coefficient (Wildman–Crippen LogP) is 6.42. The second-order valence-corrected chi connectivity index (χ2v) is 10.9. The number of hydrogen-bond acceptors (Lipinski definition) is 5. The first-order valence-electron chi connectivity index (χ1n) is 13.2. The minimum Gasteiger partial charge on any atom is -0.491 e. The highest BCUT2D eigenvalue weighted by molar-refractivity contribution is 7.99.